The quantitative estimate of drug-likeness (QED) is 0.712. The van der Waals surface area contributed by atoms with E-state index < -0.39 is 0 Å². The summed E-state index contributed by atoms with van der Waals surface area (Å²) in [7, 11) is 0. The summed E-state index contributed by atoms with van der Waals surface area (Å²) in [6.07, 6.45) is 0.839. The molecule has 3 aromatic rings. The third-order valence-electron chi connectivity index (χ3n) is 4.71. The lowest BCUT2D eigenvalue weighted by molar-refractivity contribution is 0.0785. The second-order valence-electron chi connectivity index (χ2n) is 6.51. The van der Waals surface area contributed by atoms with Gasteiger partial charge in [-0.15, -0.1) is 5.10 Å². The van der Waals surface area contributed by atoms with Crippen molar-refractivity contribution < 1.29 is 4.79 Å². The number of carbonyl (C=O) groups excluding carboxylic acids is 1. The summed E-state index contributed by atoms with van der Waals surface area (Å²) in [5.74, 6) is 0.207. The van der Waals surface area contributed by atoms with Gasteiger partial charge in [0.1, 0.15) is 5.52 Å². The molecule has 0 bridgehead atoms. The molecule has 1 aliphatic rings. The molecule has 1 amide bonds. The van der Waals surface area contributed by atoms with Crippen LogP contribution in [-0.4, -0.2) is 38.9 Å². The van der Waals surface area contributed by atoms with Gasteiger partial charge in [-0.05, 0) is 42.7 Å². The van der Waals surface area contributed by atoms with Crippen LogP contribution in [0.25, 0.3) is 10.9 Å². The molecule has 6 nitrogen and oxygen atoms in total. The van der Waals surface area contributed by atoms with Crippen LogP contribution in [0.2, 0.25) is 5.02 Å². The van der Waals surface area contributed by atoms with Gasteiger partial charge >= 0.3 is 0 Å². The van der Waals surface area contributed by atoms with Gasteiger partial charge < -0.3 is 4.90 Å². The Kier molecular flexibility index (Phi) is 4.42. The van der Waals surface area contributed by atoms with Crippen LogP contribution >= 0.6 is 11.6 Å². The predicted molar refractivity (Wildman–Crippen MR) is 99.3 cm³/mol. The number of halogens is 1. The maximum Gasteiger partial charge on any atom is 0.277 e. The van der Waals surface area contributed by atoms with Crippen LogP contribution in [0.3, 0.4) is 0 Å². The fraction of sp³-hybridized carbons (Fsp3) is 0.263. The van der Waals surface area contributed by atoms with E-state index in [1.54, 1.807) is 18.2 Å². The highest BCUT2D eigenvalue weighted by atomic mass is 35.5. The molecule has 0 radical (unpaired) electrons. The van der Waals surface area contributed by atoms with Gasteiger partial charge in [-0.25, -0.2) is 4.68 Å². The summed E-state index contributed by atoms with van der Waals surface area (Å²) in [4.78, 5) is 27.0. The van der Waals surface area contributed by atoms with E-state index in [0.717, 1.165) is 6.42 Å². The third-order valence-corrected chi connectivity index (χ3v) is 4.95. The summed E-state index contributed by atoms with van der Waals surface area (Å²) >= 11 is 5.93. The van der Waals surface area contributed by atoms with Crippen molar-refractivity contribution in [3.05, 3.63) is 69.5 Å². The minimum atomic E-state index is -0.181. The monoisotopic (exact) mass is 368 g/mol. The number of rotatable bonds is 3. The second-order valence-corrected chi connectivity index (χ2v) is 6.95. The maximum atomic E-state index is 12.6. The van der Waals surface area contributed by atoms with Gasteiger partial charge in [0.15, 0.2) is 0 Å². The molecule has 0 spiro atoms. The Morgan fingerprint density at radius 1 is 1.19 bits per heavy atom. The average Bonchev–Trinajstić information content (AvgIpc) is 3.13. The first-order valence-corrected chi connectivity index (χ1v) is 8.87. The van der Waals surface area contributed by atoms with Crippen molar-refractivity contribution in [2.24, 2.45) is 5.92 Å². The lowest BCUT2D eigenvalue weighted by Gasteiger charge is -2.16. The summed E-state index contributed by atoms with van der Waals surface area (Å²) in [6.45, 7) is 1.74. The van der Waals surface area contributed by atoms with E-state index in [4.69, 9.17) is 11.6 Å². The van der Waals surface area contributed by atoms with Crippen LogP contribution in [0.15, 0.2) is 53.3 Å². The van der Waals surface area contributed by atoms with Crippen molar-refractivity contribution >= 4 is 28.4 Å². The molecule has 4 rings (SSSR count). The van der Waals surface area contributed by atoms with Crippen LogP contribution in [0.1, 0.15) is 16.8 Å². The molecule has 0 aliphatic carbocycles. The van der Waals surface area contributed by atoms with E-state index in [1.165, 1.54) is 4.68 Å². The van der Waals surface area contributed by atoms with E-state index in [0.29, 0.717) is 41.1 Å². The van der Waals surface area contributed by atoms with Crippen molar-refractivity contribution in [3.8, 4) is 0 Å². The molecular weight excluding hydrogens is 352 g/mol. The van der Waals surface area contributed by atoms with Gasteiger partial charge in [0, 0.05) is 23.7 Å². The molecule has 7 heteroatoms. The molecule has 132 valence electrons. The van der Waals surface area contributed by atoms with Gasteiger partial charge in [0.25, 0.3) is 11.5 Å². The fourth-order valence-corrected chi connectivity index (χ4v) is 3.51. The summed E-state index contributed by atoms with van der Waals surface area (Å²) in [5.41, 5.74) is 0.998. The zero-order valence-corrected chi connectivity index (χ0v) is 14.8. The molecule has 1 fully saturated rings. The molecule has 0 saturated carbocycles. The van der Waals surface area contributed by atoms with Gasteiger partial charge in [-0.2, -0.15) is 0 Å². The number of hydrogen-bond acceptors (Lipinski definition) is 4. The Morgan fingerprint density at radius 3 is 2.81 bits per heavy atom. The highest BCUT2D eigenvalue weighted by Gasteiger charge is 2.27. The highest BCUT2D eigenvalue weighted by Crippen LogP contribution is 2.20. The molecule has 26 heavy (non-hydrogen) atoms. The molecule has 2 heterocycles. The minimum Gasteiger partial charge on any atom is -0.338 e. The van der Waals surface area contributed by atoms with Gasteiger partial charge in [0.05, 0.1) is 11.9 Å². The van der Waals surface area contributed by atoms with Crippen LogP contribution in [0.5, 0.6) is 0 Å². The largest absolute Gasteiger partial charge is 0.338 e. The molecular formula is C19H17ClN4O2. The third kappa shape index (κ3) is 3.20. The van der Waals surface area contributed by atoms with Gasteiger partial charge in [-0.3, -0.25) is 9.59 Å². The van der Waals surface area contributed by atoms with Crippen molar-refractivity contribution in [2.45, 2.75) is 13.0 Å². The second kappa shape index (κ2) is 6.88. The number of fused-ring (bicyclic) bond motifs is 1. The standard InChI is InChI=1S/C19H17ClN4O2/c20-15-6-7-16-17(10-15)21-22-24(19(16)26)12-13-8-9-23(11-13)18(25)14-4-2-1-3-5-14/h1-7,10,13H,8-9,11-12H2. The number of amides is 1. The molecule has 1 aliphatic heterocycles. The zero-order valence-electron chi connectivity index (χ0n) is 14.0. The Hall–Kier alpha value is -2.73. The summed E-state index contributed by atoms with van der Waals surface area (Å²) < 4.78 is 1.39. The van der Waals surface area contributed by atoms with Crippen LogP contribution in [-0.2, 0) is 6.54 Å². The number of nitrogens with zero attached hydrogens (tertiary/aromatic N) is 4. The molecule has 1 aromatic heterocycles. The number of hydrogen-bond donors (Lipinski definition) is 0. The molecule has 1 atom stereocenters. The first-order chi connectivity index (χ1) is 12.6. The summed E-state index contributed by atoms with van der Waals surface area (Å²) in [6, 6.07) is 14.2. The van der Waals surface area contributed by atoms with Gasteiger partial charge in [0.2, 0.25) is 0 Å². The first kappa shape index (κ1) is 16.7. The lowest BCUT2D eigenvalue weighted by Crippen LogP contribution is -2.31. The topological polar surface area (TPSA) is 68.1 Å². The average molecular weight is 369 g/mol. The Balaban J connectivity index is 1.50. The Bertz CT molecular complexity index is 1020. The van der Waals surface area contributed by atoms with E-state index in [1.807, 2.05) is 35.2 Å². The van der Waals surface area contributed by atoms with E-state index >= 15 is 0 Å². The number of benzene rings is 2. The lowest BCUT2D eigenvalue weighted by atomic mass is 10.1. The van der Waals surface area contributed by atoms with Crippen LogP contribution in [0.4, 0.5) is 0 Å². The Labute approximate surface area is 155 Å². The number of aromatic nitrogens is 3. The zero-order chi connectivity index (χ0) is 18.1. The predicted octanol–water partition coefficient (Wildman–Crippen LogP) is 2.61. The van der Waals surface area contributed by atoms with Crippen molar-refractivity contribution in [2.75, 3.05) is 13.1 Å². The van der Waals surface area contributed by atoms with Crippen molar-refractivity contribution in [1.29, 1.82) is 0 Å². The van der Waals surface area contributed by atoms with Crippen LogP contribution < -0.4 is 5.56 Å². The highest BCUT2D eigenvalue weighted by molar-refractivity contribution is 6.31. The minimum absolute atomic E-state index is 0.0275. The van der Waals surface area contributed by atoms with Gasteiger partial charge in [-0.1, -0.05) is 35.0 Å². The first-order valence-electron chi connectivity index (χ1n) is 8.49. The van der Waals surface area contributed by atoms with E-state index in [-0.39, 0.29) is 17.4 Å². The van der Waals surface area contributed by atoms with Crippen LogP contribution in [0, 0.1) is 5.92 Å². The van der Waals surface area contributed by atoms with E-state index in [9.17, 15) is 9.59 Å². The van der Waals surface area contributed by atoms with Crippen molar-refractivity contribution in [1.82, 2.24) is 19.9 Å². The Morgan fingerprint density at radius 2 is 2.00 bits per heavy atom. The number of likely N-dealkylation sites (tertiary alicyclic amines) is 1. The number of carbonyl (C=O) groups is 1. The SMILES string of the molecule is O=C(c1ccccc1)N1CCC(Cn2nnc3cc(Cl)ccc3c2=O)C1. The smallest absolute Gasteiger partial charge is 0.277 e. The summed E-state index contributed by atoms with van der Waals surface area (Å²) in [5, 5.41) is 9.15. The maximum absolute atomic E-state index is 12.6. The molecule has 2 aromatic carbocycles. The molecule has 0 N–H and O–H groups in total. The molecule has 1 unspecified atom stereocenters. The van der Waals surface area contributed by atoms with Crippen molar-refractivity contribution in [3.63, 3.8) is 0 Å². The molecule has 1 saturated heterocycles. The normalized spacial score (nSPS) is 17.0. The van der Waals surface area contributed by atoms with E-state index in [2.05, 4.69) is 10.3 Å². The fourth-order valence-electron chi connectivity index (χ4n) is 3.34.